The molecule has 0 radical (unpaired) electrons. The Kier molecular flexibility index (Phi) is 8.88. The molecule has 0 spiro atoms. The average Bonchev–Trinajstić information content (AvgIpc) is 3.74. The summed E-state index contributed by atoms with van der Waals surface area (Å²) in [6.07, 6.45) is 20.6. The molecule has 2 saturated carbocycles. The van der Waals surface area contributed by atoms with Crippen LogP contribution in [-0.2, 0) is 9.47 Å². The van der Waals surface area contributed by atoms with Crippen molar-refractivity contribution >= 4 is 0 Å². The highest BCUT2D eigenvalue weighted by molar-refractivity contribution is 5.29. The molecular formula is C33H54O3. The zero-order chi connectivity index (χ0) is 25.2. The third-order valence-electron chi connectivity index (χ3n) is 11.3. The number of methoxy groups -OCH3 is 2. The van der Waals surface area contributed by atoms with Crippen molar-refractivity contribution in [3.8, 4) is 0 Å². The maximum atomic E-state index is 11.5. The molecule has 3 heteroatoms. The van der Waals surface area contributed by atoms with Crippen molar-refractivity contribution in [1.82, 2.24) is 0 Å². The fourth-order valence-corrected chi connectivity index (χ4v) is 8.89. The Hall–Kier alpha value is -0.800. The van der Waals surface area contributed by atoms with Gasteiger partial charge in [0.25, 0.3) is 0 Å². The highest BCUT2D eigenvalue weighted by atomic mass is 16.5. The third kappa shape index (κ3) is 5.93. The molecule has 2 fully saturated rings. The van der Waals surface area contributed by atoms with Gasteiger partial charge in [0.2, 0.25) is 0 Å². The van der Waals surface area contributed by atoms with E-state index < -0.39 is 0 Å². The van der Waals surface area contributed by atoms with Crippen LogP contribution in [0, 0.1) is 41.4 Å². The van der Waals surface area contributed by atoms with E-state index in [9.17, 15) is 5.11 Å². The van der Waals surface area contributed by atoms with Gasteiger partial charge in [-0.2, -0.15) is 0 Å². The lowest BCUT2D eigenvalue weighted by molar-refractivity contribution is 0.0613. The van der Waals surface area contributed by atoms with E-state index in [2.05, 4.69) is 13.8 Å². The molecule has 5 aliphatic carbocycles. The second-order valence-electron chi connectivity index (χ2n) is 13.5. The molecule has 1 N–H and O–H groups in total. The van der Waals surface area contributed by atoms with Crippen molar-refractivity contribution in [3.05, 3.63) is 22.5 Å². The summed E-state index contributed by atoms with van der Waals surface area (Å²) in [5.74, 6) is 6.74. The van der Waals surface area contributed by atoms with Crippen molar-refractivity contribution in [1.29, 1.82) is 0 Å². The zero-order valence-corrected chi connectivity index (χ0v) is 23.8. The summed E-state index contributed by atoms with van der Waals surface area (Å²) in [4.78, 5) is 0. The Morgan fingerprint density at radius 3 is 2.36 bits per heavy atom. The van der Waals surface area contributed by atoms with Crippen molar-refractivity contribution in [2.24, 2.45) is 41.4 Å². The highest BCUT2D eigenvalue weighted by Crippen LogP contribution is 2.56. The Balaban J connectivity index is 1.29. The molecule has 6 unspecified atom stereocenters. The topological polar surface area (TPSA) is 38.7 Å². The minimum Gasteiger partial charge on any atom is -0.501 e. The van der Waals surface area contributed by atoms with Crippen LogP contribution in [0.4, 0.5) is 0 Å². The quantitative estimate of drug-likeness (QED) is 0.325. The van der Waals surface area contributed by atoms with Crippen LogP contribution in [0.15, 0.2) is 22.5 Å². The first-order valence-corrected chi connectivity index (χ1v) is 15.7. The van der Waals surface area contributed by atoms with Crippen molar-refractivity contribution in [2.75, 3.05) is 14.2 Å². The van der Waals surface area contributed by atoms with Crippen LogP contribution in [0.5, 0.6) is 0 Å². The van der Waals surface area contributed by atoms with Gasteiger partial charge in [-0.25, -0.2) is 0 Å². The molecule has 0 aromatic rings. The first-order valence-electron chi connectivity index (χ1n) is 15.7. The molecule has 5 aliphatic rings. The van der Waals surface area contributed by atoms with E-state index in [1.54, 1.807) is 12.7 Å². The van der Waals surface area contributed by atoms with Crippen molar-refractivity contribution in [2.45, 2.75) is 129 Å². The van der Waals surface area contributed by atoms with Gasteiger partial charge >= 0.3 is 0 Å². The Morgan fingerprint density at radius 1 is 0.889 bits per heavy atom. The van der Waals surface area contributed by atoms with Crippen LogP contribution in [0.1, 0.15) is 117 Å². The monoisotopic (exact) mass is 498 g/mol. The number of hydrogen-bond donors (Lipinski definition) is 1. The molecule has 204 valence electrons. The first kappa shape index (κ1) is 26.8. The summed E-state index contributed by atoms with van der Waals surface area (Å²) in [7, 11) is 3.61. The molecule has 0 aliphatic heterocycles. The molecule has 3 nitrogen and oxygen atoms in total. The Labute approximate surface area is 221 Å². The van der Waals surface area contributed by atoms with Gasteiger partial charge in [0.1, 0.15) is 0 Å². The molecule has 0 aromatic carbocycles. The van der Waals surface area contributed by atoms with E-state index in [1.165, 1.54) is 82.6 Å². The molecule has 0 aromatic heterocycles. The fourth-order valence-electron chi connectivity index (χ4n) is 8.89. The molecule has 0 bridgehead atoms. The summed E-state index contributed by atoms with van der Waals surface area (Å²) in [6.45, 7) is 4.80. The van der Waals surface area contributed by atoms with Crippen molar-refractivity contribution < 1.29 is 14.6 Å². The predicted molar refractivity (Wildman–Crippen MR) is 148 cm³/mol. The molecule has 6 atom stereocenters. The van der Waals surface area contributed by atoms with Crippen LogP contribution >= 0.6 is 0 Å². The number of rotatable bonds is 9. The SMILES string of the molecule is COC1=C(CC(O)C(C)C2CCCC3=C2CCC(CC2CCC(C)CC2)C3C2CC2)CC(OC)CC1. The Bertz CT molecular complexity index is 800. The van der Waals surface area contributed by atoms with E-state index >= 15 is 0 Å². The lowest BCUT2D eigenvalue weighted by Crippen LogP contribution is -2.35. The van der Waals surface area contributed by atoms with E-state index in [1.807, 2.05) is 12.7 Å². The van der Waals surface area contributed by atoms with Gasteiger partial charge in [-0.1, -0.05) is 50.7 Å². The molecule has 0 saturated heterocycles. The predicted octanol–water partition coefficient (Wildman–Crippen LogP) is 8.22. The van der Waals surface area contributed by atoms with Gasteiger partial charge in [0, 0.05) is 13.5 Å². The van der Waals surface area contributed by atoms with Gasteiger partial charge in [-0.15, -0.1) is 0 Å². The van der Waals surface area contributed by atoms with Crippen LogP contribution in [0.2, 0.25) is 0 Å². The van der Waals surface area contributed by atoms with Crippen molar-refractivity contribution in [3.63, 3.8) is 0 Å². The minimum absolute atomic E-state index is 0.271. The number of aliphatic hydroxyl groups is 1. The second-order valence-corrected chi connectivity index (χ2v) is 13.5. The normalized spacial score (nSPS) is 37.5. The summed E-state index contributed by atoms with van der Waals surface area (Å²) in [6, 6.07) is 0. The summed E-state index contributed by atoms with van der Waals surface area (Å²) in [5.41, 5.74) is 4.99. The van der Waals surface area contributed by atoms with E-state index in [4.69, 9.17) is 9.47 Å². The van der Waals surface area contributed by atoms with Gasteiger partial charge < -0.3 is 14.6 Å². The summed E-state index contributed by atoms with van der Waals surface area (Å²) >= 11 is 0. The second kappa shape index (κ2) is 11.9. The molecule has 0 heterocycles. The van der Waals surface area contributed by atoms with E-state index in [0.717, 1.165) is 61.0 Å². The van der Waals surface area contributed by atoms with Crippen LogP contribution in [0.3, 0.4) is 0 Å². The highest BCUT2D eigenvalue weighted by Gasteiger charge is 2.45. The summed E-state index contributed by atoms with van der Waals surface area (Å²) < 4.78 is 11.4. The largest absolute Gasteiger partial charge is 0.501 e. The molecule has 36 heavy (non-hydrogen) atoms. The van der Waals surface area contributed by atoms with Crippen LogP contribution in [-0.4, -0.2) is 31.5 Å². The number of hydrogen-bond acceptors (Lipinski definition) is 3. The molecule has 0 amide bonds. The zero-order valence-electron chi connectivity index (χ0n) is 23.8. The van der Waals surface area contributed by atoms with Gasteiger partial charge in [0.15, 0.2) is 0 Å². The smallest absolute Gasteiger partial charge is 0.0950 e. The molecule has 5 rings (SSSR count). The standard InChI is InChI=1S/C33H54O3/c1-21-8-10-23(11-9-21)18-25-14-16-29-28(6-5-7-30(29)33(25)24-12-13-24)22(2)31(34)20-26-19-27(35-3)15-17-32(26)36-4/h21-25,27-28,31,33-34H,5-20H2,1-4H3. The number of ether oxygens (including phenoxy) is 2. The van der Waals surface area contributed by atoms with Crippen LogP contribution in [0.25, 0.3) is 0 Å². The average molecular weight is 499 g/mol. The van der Waals surface area contributed by atoms with Gasteiger partial charge in [-0.3, -0.25) is 0 Å². The van der Waals surface area contributed by atoms with Gasteiger partial charge in [0.05, 0.1) is 25.1 Å². The third-order valence-corrected chi connectivity index (χ3v) is 11.3. The van der Waals surface area contributed by atoms with Crippen LogP contribution < -0.4 is 0 Å². The Morgan fingerprint density at radius 2 is 1.67 bits per heavy atom. The molecular weight excluding hydrogens is 444 g/mol. The first-order chi connectivity index (χ1) is 17.5. The van der Waals surface area contributed by atoms with Gasteiger partial charge in [-0.05, 0) is 118 Å². The maximum absolute atomic E-state index is 11.5. The number of aliphatic hydroxyl groups excluding tert-OH is 1. The lowest BCUT2D eigenvalue weighted by Gasteiger charge is -2.45. The number of allylic oxidation sites excluding steroid dienone is 3. The lowest BCUT2D eigenvalue weighted by atomic mass is 9.61. The van der Waals surface area contributed by atoms with E-state index in [-0.39, 0.29) is 12.2 Å². The summed E-state index contributed by atoms with van der Waals surface area (Å²) in [5, 5.41) is 11.5. The maximum Gasteiger partial charge on any atom is 0.0950 e. The van der Waals surface area contributed by atoms with E-state index in [0.29, 0.717) is 11.8 Å². The minimum atomic E-state index is -0.293. The fraction of sp³-hybridized carbons (Fsp3) is 0.879.